The summed E-state index contributed by atoms with van der Waals surface area (Å²) >= 11 is 1.72. The van der Waals surface area contributed by atoms with Gasteiger partial charge >= 0.3 is 6.03 Å². The third-order valence-electron chi connectivity index (χ3n) is 2.75. The number of carbonyl (C=O) groups excluding carboxylic acids is 1. The molecule has 0 heterocycles. The van der Waals surface area contributed by atoms with Gasteiger partial charge in [-0.15, -0.1) is 11.8 Å². The summed E-state index contributed by atoms with van der Waals surface area (Å²) in [5.41, 5.74) is 0. The van der Waals surface area contributed by atoms with Gasteiger partial charge in [0.15, 0.2) is 0 Å². The molecule has 0 fully saturated rings. The molecule has 0 saturated carbocycles. The molecule has 0 aliphatic carbocycles. The molecule has 0 radical (unpaired) electrons. The monoisotopic (exact) mass is 296 g/mol. The van der Waals surface area contributed by atoms with Crippen molar-refractivity contribution in [2.45, 2.75) is 31.3 Å². The highest BCUT2D eigenvalue weighted by atomic mass is 32.2. The van der Waals surface area contributed by atoms with Crippen LogP contribution in [0.4, 0.5) is 4.79 Å². The van der Waals surface area contributed by atoms with Crippen molar-refractivity contribution in [2.75, 3.05) is 18.8 Å². The Balaban J connectivity index is 2.05. The molecule has 0 aliphatic heterocycles. The Hall–Kier alpha value is -1.20. The molecule has 5 heteroatoms. The van der Waals surface area contributed by atoms with E-state index in [0.29, 0.717) is 19.5 Å². The smallest absolute Gasteiger partial charge is 0.314 e. The summed E-state index contributed by atoms with van der Waals surface area (Å²) in [6, 6.07) is 9.98. The van der Waals surface area contributed by atoms with E-state index in [2.05, 4.69) is 22.8 Å². The van der Waals surface area contributed by atoms with Gasteiger partial charge in [-0.25, -0.2) is 4.79 Å². The van der Waals surface area contributed by atoms with Crippen LogP contribution in [0.2, 0.25) is 0 Å². The first-order chi connectivity index (χ1) is 9.58. The predicted molar refractivity (Wildman–Crippen MR) is 84.0 cm³/mol. The standard InChI is InChI=1S/C15H24N2O2S/c1-12(10-13(2)18)11-17-15(19)16-8-9-20-14-6-4-3-5-7-14/h3-7,12-13,18H,8-11H2,1-2H3,(H2,16,17,19). The molecule has 4 nitrogen and oxygen atoms in total. The second kappa shape index (κ2) is 9.66. The van der Waals surface area contributed by atoms with Crippen LogP contribution in [0.15, 0.2) is 35.2 Å². The number of thioether (sulfide) groups is 1. The number of nitrogens with one attached hydrogen (secondary N) is 2. The van der Waals surface area contributed by atoms with Crippen LogP contribution in [0, 0.1) is 5.92 Å². The van der Waals surface area contributed by atoms with Gasteiger partial charge < -0.3 is 15.7 Å². The summed E-state index contributed by atoms with van der Waals surface area (Å²) in [5.74, 6) is 1.13. The molecule has 2 amide bonds. The fourth-order valence-corrected chi connectivity index (χ4v) is 2.63. The van der Waals surface area contributed by atoms with Gasteiger partial charge in [0.1, 0.15) is 0 Å². The Bertz CT molecular complexity index is 385. The van der Waals surface area contributed by atoms with Gasteiger partial charge in [-0.05, 0) is 31.4 Å². The van der Waals surface area contributed by atoms with Gasteiger partial charge in [0.2, 0.25) is 0 Å². The summed E-state index contributed by atoms with van der Waals surface area (Å²) in [6.45, 7) is 4.99. The summed E-state index contributed by atoms with van der Waals surface area (Å²) in [6.07, 6.45) is 0.376. The van der Waals surface area contributed by atoms with Gasteiger partial charge in [-0.2, -0.15) is 0 Å². The first-order valence-electron chi connectivity index (χ1n) is 6.95. The van der Waals surface area contributed by atoms with Crippen LogP contribution in [0.25, 0.3) is 0 Å². The van der Waals surface area contributed by atoms with E-state index in [1.807, 2.05) is 25.1 Å². The van der Waals surface area contributed by atoms with Gasteiger partial charge in [0.25, 0.3) is 0 Å². The second-order valence-electron chi connectivity index (χ2n) is 4.99. The first-order valence-corrected chi connectivity index (χ1v) is 7.94. The quantitative estimate of drug-likeness (QED) is 0.510. The number of benzene rings is 1. The fraction of sp³-hybridized carbons (Fsp3) is 0.533. The van der Waals surface area contributed by atoms with Crippen LogP contribution >= 0.6 is 11.8 Å². The zero-order valence-corrected chi connectivity index (χ0v) is 13.0. The number of amides is 2. The van der Waals surface area contributed by atoms with Crippen molar-refractivity contribution in [3.05, 3.63) is 30.3 Å². The van der Waals surface area contributed by atoms with E-state index in [0.717, 1.165) is 5.75 Å². The van der Waals surface area contributed by atoms with Crippen LogP contribution in [-0.2, 0) is 0 Å². The van der Waals surface area contributed by atoms with E-state index >= 15 is 0 Å². The van der Waals surface area contributed by atoms with Gasteiger partial charge in [-0.3, -0.25) is 0 Å². The summed E-state index contributed by atoms with van der Waals surface area (Å²) in [5, 5.41) is 14.9. The average Bonchev–Trinajstić information content (AvgIpc) is 2.42. The molecule has 112 valence electrons. The van der Waals surface area contributed by atoms with Crippen molar-refractivity contribution in [2.24, 2.45) is 5.92 Å². The molecule has 1 aromatic carbocycles. The topological polar surface area (TPSA) is 61.4 Å². The van der Waals surface area contributed by atoms with E-state index in [-0.39, 0.29) is 18.1 Å². The number of aliphatic hydroxyl groups is 1. The Morgan fingerprint density at radius 2 is 1.95 bits per heavy atom. The molecule has 1 rings (SSSR count). The molecule has 0 bridgehead atoms. The highest BCUT2D eigenvalue weighted by Crippen LogP contribution is 2.15. The third kappa shape index (κ3) is 8.07. The highest BCUT2D eigenvalue weighted by molar-refractivity contribution is 7.99. The zero-order chi connectivity index (χ0) is 14.8. The van der Waals surface area contributed by atoms with E-state index < -0.39 is 0 Å². The maximum Gasteiger partial charge on any atom is 0.314 e. The molecule has 1 aromatic rings. The fourth-order valence-electron chi connectivity index (χ4n) is 1.85. The lowest BCUT2D eigenvalue weighted by Crippen LogP contribution is -2.39. The summed E-state index contributed by atoms with van der Waals surface area (Å²) in [7, 11) is 0. The number of rotatable bonds is 8. The Kier molecular flexibility index (Phi) is 8.14. The SMILES string of the molecule is CC(O)CC(C)CNC(=O)NCCSc1ccccc1. The molecule has 3 N–H and O–H groups in total. The molecule has 20 heavy (non-hydrogen) atoms. The van der Waals surface area contributed by atoms with Crippen LogP contribution in [0.3, 0.4) is 0 Å². The maximum absolute atomic E-state index is 11.6. The van der Waals surface area contributed by atoms with E-state index in [9.17, 15) is 9.90 Å². The van der Waals surface area contributed by atoms with E-state index in [1.54, 1.807) is 18.7 Å². The molecular weight excluding hydrogens is 272 g/mol. The van der Waals surface area contributed by atoms with Crippen molar-refractivity contribution in [3.8, 4) is 0 Å². The predicted octanol–water partition coefficient (Wildman–Crippen LogP) is 2.48. The normalized spacial score (nSPS) is 13.6. The number of aliphatic hydroxyl groups excluding tert-OH is 1. The Morgan fingerprint density at radius 3 is 2.60 bits per heavy atom. The summed E-state index contributed by atoms with van der Waals surface area (Å²) < 4.78 is 0. The molecule has 0 aliphatic rings. The molecule has 0 spiro atoms. The van der Waals surface area contributed by atoms with Gasteiger partial charge in [0, 0.05) is 23.7 Å². The van der Waals surface area contributed by atoms with Crippen LogP contribution in [-0.4, -0.2) is 36.1 Å². The molecule has 2 atom stereocenters. The number of carbonyl (C=O) groups is 1. The van der Waals surface area contributed by atoms with Crippen LogP contribution in [0.5, 0.6) is 0 Å². The lowest BCUT2D eigenvalue weighted by atomic mass is 10.1. The van der Waals surface area contributed by atoms with Crippen molar-refractivity contribution in [1.29, 1.82) is 0 Å². The van der Waals surface area contributed by atoms with Crippen molar-refractivity contribution in [3.63, 3.8) is 0 Å². The van der Waals surface area contributed by atoms with E-state index in [4.69, 9.17) is 0 Å². The minimum absolute atomic E-state index is 0.142. The minimum Gasteiger partial charge on any atom is -0.393 e. The Morgan fingerprint density at radius 1 is 1.25 bits per heavy atom. The Labute approximate surface area is 125 Å². The lowest BCUT2D eigenvalue weighted by molar-refractivity contribution is 0.163. The molecule has 0 saturated heterocycles. The van der Waals surface area contributed by atoms with Crippen LogP contribution < -0.4 is 10.6 Å². The van der Waals surface area contributed by atoms with Crippen molar-refractivity contribution in [1.82, 2.24) is 10.6 Å². The minimum atomic E-state index is -0.322. The molecule has 0 aromatic heterocycles. The average molecular weight is 296 g/mol. The van der Waals surface area contributed by atoms with Gasteiger partial charge in [-0.1, -0.05) is 25.1 Å². The molecule has 2 unspecified atom stereocenters. The second-order valence-corrected chi connectivity index (χ2v) is 6.16. The number of hydrogen-bond acceptors (Lipinski definition) is 3. The lowest BCUT2D eigenvalue weighted by Gasteiger charge is -2.14. The number of urea groups is 1. The van der Waals surface area contributed by atoms with Gasteiger partial charge in [0.05, 0.1) is 6.10 Å². The van der Waals surface area contributed by atoms with Crippen molar-refractivity contribution >= 4 is 17.8 Å². The maximum atomic E-state index is 11.6. The van der Waals surface area contributed by atoms with E-state index in [1.165, 1.54) is 4.90 Å². The third-order valence-corrected chi connectivity index (χ3v) is 3.77. The highest BCUT2D eigenvalue weighted by Gasteiger charge is 2.07. The van der Waals surface area contributed by atoms with Crippen molar-refractivity contribution < 1.29 is 9.90 Å². The zero-order valence-electron chi connectivity index (χ0n) is 12.1. The summed E-state index contributed by atoms with van der Waals surface area (Å²) in [4.78, 5) is 12.8. The van der Waals surface area contributed by atoms with Crippen LogP contribution in [0.1, 0.15) is 20.3 Å². The largest absolute Gasteiger partial charge is 0.393 e. The first kappa shape index (κ1) is 16.9. The number of hydrogen-bond donors (Lipinski definition) is 3. The molecular formula is C15H24N2O2S.